The second-order valence-corrected chi connectivity index (χ2v) is 7.32. The van der Waals surface area contributed by atoms with Gasteiger partial charge in [-0.3, -0.25) is 24.2 Å². The predicted octanol–water partition coefficient (Wildman–Crippen LogP) is 1.43. The van der Waals surface area contributed by atoms with Crippen LogP contribution in [-0.4, -0.2) is 42.4 Å². The molecule has 3 rings (SSSR count). The van der Waals surface area contributed by atoms with Crippen molar-refractivity contribution in [1.82, 2.24) is 9.88 Å². The summed E-state index contributed by atoms with van der Waals surface area (Å²) >= 11 is 0. The van der Waals surface area contributed by atoms with Crippen LogP contribution < -0.4 is 4.72 Å². The molecule has 0 aliphatic carbocycles. The van der Waals surface area contributed by atoms with Gasteiger partial charge in [0.25, 0.3) is 11.8 Å². The highest BCUT2D eigenvalue weighted by Gasteiger charge is 2.35. The lowest BCUT2D eigenvalue weighted by atomic mass is 10.1. The molecule has 24 heavy (non-hydrogen) atoms. The second-order valence-electron chi connectivity index (χ2n) is 5.48. The smallest absolute Gasteiger partial charge is 0.261 e. The molecule has 1 aliphatic heterocycles. The first-order valence-corrected chi connectivity index (χ1v) is 8.90. The standard InChI is InChI=1S/C16H15N3O4S/c1-11-8-12(10-17-9-11)18-24(22,23)7-6-19-15(20)13-4-2-3-5-14(13)16(19)21/h2-5,8-10,18H,6-7H2,1H3. The van der Waals surface area contributed by atoms with E-state index in [-0.39, 0.29) is 12.3 Å². The van der Waals surface area contributed by atoms with E-state index in [9.17, 15) is 18.0 Å². The fourth-order valence-electron chi connectivity index (χ4n) is 2.50. The summed E-state index contributed by atoms with van der Waals surface area (Å²) in [6.45, 7) is 1.59. The van der Waals surface area contributed by atoms with Crippen molar-refractivity contribution in [2.24, 2.45) is 0 Å². The summed E-state index contributed by atoms with van der Waals surface area (Å²) in [5.41, 5.74) is 1.76. The molecule has 1 aromatic heterocycles. The number of sulfonamides is 1. The maximum absolute atomic E-state index is 12.2. The average Bonchev–Trinajstić information content (AvgIpc) is 2.77. The van der Waals surface area contributed by atoms with Gasteiger partial charge < -0.3 is 0 Å². The molecular weight excluding hydrogens is 330 g/mol. The molecule has 0 unspecified atom stereocenters. The number of carbonyl (C=O) groups excluding carboxylic acids is 2. The molecule has 0 bridgehead atoms. The first-order chi connectivity index (χ1) is 11.4. The molecule has 2 heterocycles. The number of nitrogens with one attached hydrogen (secondary N) is 1. The number of amides is 2. The number of hydrogen-bond acceptors (Lipinski definition) is 5. The van der Waals surface area contributed by atoms with Gasteiger partial charge in [-0.25, -0.2) is 8.42 Å². The van der Waals surface area contributed by atoms with Crippen molar-refractivity contribution in [3.8, 4) is 0 Å². The summed E-state index contributed by atoms with van der Waals surface area (Å²) in [6, 6.07) is 8.08. The molecule has 0 fully saturated rings. The number of anilines is 1. The highest BCUT2D eigenvalue weighted by molar-refractivity contribution is 7.92. The number of benzene rings is 1. The quantitative estimate of drug-likeness (QED) is 0.827. The Bertz CT molecular complexity index is 889. The van der Waals surface area contributed by atoms with Gasteiger partial charge in [-0.1, -0.05) is 12.1 Å². The van der Waals surface area contributed by atoms with Crippen LogP contribution in [0.3, 0.4) is 0 Å². The first-order valence-electron chi connectivity index (χ1n) is 7.25. The minimum atomic E-state index is -3.71. The number of aromatic nitrogens is 1. The lowest BCUT2D eigenvalue weighted by molar-refractivity contribution is 0.0664. The molecule has 124 valence electrons. The summed E-state index contributed by atoms with van der Waals surface area (Å²) in [5, 5.41) is 0. The number of aryl methyl sites for hydroxylation is 1. The number of carbonyl (C=O) groups is 2. The Labute approximate surface area is 139 Å². The maximum atomic E-state index is 12.2. The van der Waals surface area contributed by atoms with Crippen molar-refractivity contribution < 1.29 is 18.0 Å². The van der Waals surface area contributed by atoms with Gasteiger partial charge >= 0.3 is 0 Å². The van der Waals surface area contributed by atoms with Gasteiger partial charge in [0.05, 0.1) is 28.8 Å². The van der Waals surface area contributed by atoms with Crippen LogP contribution in [0.5, 0.6) is 0 Å². The Hall–Kier alpha value is -2.74. The van der Waals surface area contributed by atoms with Gasteiger partial charge in [-0.05, 0) is 30.7 Å². The van der Waals surface area contributed by atoms with E-state index in [1.807, 2.05) is 0 Å². The fourth-order valence-corrected chi connectivity index (χ4v) is 3.49. The van der Waals surface area contributed by atoms with E-state index in [1.54, 1.807) is 43.5 Å². The van der Waals surface area contributed by atoms with Crippen LogP contribution >= 0.6 is 0 Å². The number of nitrogens with zero attached hydrogens (tertiary/aromatic N) is 2. The van der Waals surface area contributed by atoms with E-state index in [2.05, 4.69) is 9.71 Å². The maximum Gasteiger partial charge on any atom is 0.261 e. The zero-order valence-corrected chi connectivity index (χ0v) is 13.7. The van der Waals surface area contributed by atoms with Crippen molar-refractivity contribution in [3.05, 3.63) is 59.4 Å². The molecule has 1 aromatic carbocycles. The third kappa shape index (κ3) is 3.13. The molecule has 0 saturated carbocycles. The van der Waals surface area contributed by atoms with Crippen molar-refractivity contribution in [2.75, 3.05) is 17.0 Å². The third-order valence-corrected chi connectivity index (χ3v) is 4.88. The van der Waals surface area contributed by atoms with Crippen LogP contribution in [-0.2, 0) is 10.0 Å². The van der Waals surface area contributed by atoms with Crippen molar-refractivity contribution in [1.29, 1.82) is 0 Å². The summed E-state index contributed by atoms with van der Waals surface area (Å²) in [5.74, 6) is -1.32. The van der Waals surface area contributed by atoms with Crippen molar-refractivity contribution >= 4 is 27.5 Å². The van der Waals surface area contributed by atoms with E-state index in [1.165, 1.54) is 6.20 Å². The molecule has 1 aliphatic rings. The average molecular weight is 345 g/mol. The monoisotopic (exact) mass is 345 g/mol. The molecule has 0 radical (unpaired) electrons. The molecular formula is C16H15N3O4S. The minimum absolute atomic E-state index is 0.207. The van der Waals surface area contributed by atoms with Crippen LogP contribution in [0.25, 0.3) is 0 Å². The van der Waals surface area contributed by atoms with Gasteiger partial charge in [-0.15, -0.1) is 0 Å². The Morgan fingerprint density at radius 1 is 1.08 bits per heavy atom. The SMILES string of the molecule is Cc1cncc(NS(=O)(=O)CCN2C(=O)c3ccccc3C2=O)c1. The molecule has 0 saturated heterocycles. The Balaban J connectivity index is 1.70. The van der Waals surface area contributed by atoms with E-state index < -0.39 is 21.8 Å². The lowest BCUT2D eigenvalue weighted by Crippen LogP contribution is -2.35. The van der Waals surface area contributed by atoms with Gasteiger partial charge in [0.15, 0.2) is 0 Å². The molecule has 2 aromatic rings. The van der Waals surface area contributed by atoms with Crippen molar-refractivity contribution in [2.45, 2.75) is 6.92 Å². The topological polar surface area (TPSA) is 96.4 Å². The predicted molar refractivity (Wildman–Crippen MR) is 88.2 cm³/mol. The lowest BCUT2D eigenvalue weighted by Gasteiger charge is -2.14. The van der Waals surface area contributed by atoms with Crippen LogP contribution in [0.4, 0.5) is 5.69 Å². The van der Waals surface area contributed by atoms with Gasteiger partial charge in [0, 0.05) is 12.7 Å². The number of hydrogen-bond donors (Lipinski definition) is 1. The molecule has 7 nitrogen and oxygen atoms in total. The number of imide groups is 1. The summed E-state index contributed by atoms with van der Waals surface area (Å²) in [4.78, 5) is 29.3. The molecule has 0 atom stereocenters. The summed E-state index contributed by atoms with van der Waals surface area (Å²) < 4.78 is 26.7. The Morgan fingerprint density at radius 3 is 2.29 bits per heavy atom. The van der Waals surface area contributed by atoms with Gasteiger partial charge in [0.1, 0.15) is 0 Å². The first kappa shape index (κ1) is 16.1. The van der Waals surface area contributed by atoms with E-state index in [4.69, 9.17) is 0 Å². The highest BCUT2D eigenvalue weighted by atomic mass is 32.2. The van der Waals surface area contributed by atoms with Crippen molar-refractivity contribution in [3.63, 3.8) is 0 Å². The Morgan fingerprint density at radius 2 is 1.71 bits per heavy atom. The normalized spacial score (nSPS) is 14.0. The Kier molecular flexibility index (Phi) is 4.06. The second kappa shape index (κ2) is 6.04. The van der Waals surface area contributed by atoms with Crippen LogP contribution in [0, 0.1) is 6.92 Å². The molecule has 2 amide bonds. The van der Waals surface area contributed by atoms with Gasteiger partial charge in [-0.2, -0.15) is 0 Å². The summed E-state index contributed by atoms with van der Waals surface area (Å²) in [7, 11) is -3.71. The molecule has 1 N–H and O–H groups in total. The fraction of sp³-hybridized carbons (Fsp3) is 0.188. The van der Waals surface area contributed by atoms with E-state index >= 15 is 0 Å². The number of rotatable bonds is 5. The van der Waals surface area contributed by atoms with Crippen LogP contribution in [0.2, 0.25) is 0 Å². The zero-order valence-electron chi connectivity index (χ0n) is 12.9. The van der Waals surface area contributed by atoms with E-state index in [0.717, 1.165) is 10.5 Å². The zero-order chi connectivity index (χ0) is 17.3. The highest BCUT2D eigenvalue weighted by Crippen LogP contribution is 2.22. The number of fused-ring (bicyclic) bond motifs is 1. The molecule has 8 heteroatoms. The summed E-state index contributed by atoms with van der Waals surface area (Å²) in [6.07, 6.45) is 3.00. The molecule has 0 spiro atoms. The number of pyridine rings is 1. The van der Waals surface area contributed by atoms with Crippen LogP contribution in [0.1, 0.15) is 26.3 Å². The minimum Gasteiger partial charge on any atom is -0.282 e. The van der Waals surface area contributed by atoms with E-state index in [0.29, 0.717) is 16.8 Å². The largest absolute Gasteiger partial charge is 0.282 e. The van der Waals surface area contributed by atoms with Crippen LogP contribution in [0.15, 0.2) is 42.7 Å². The third-order valence-electron chi connectivity index (χ3n) is 3.61. The van der Waals surface area contributed by atoms with Gasteiger partial charge in [0.2, 0.25) is 10.0 Å².